The molecule has 1 heterocycles. The van der Waals surface area contributed by atoms with E-state index in [4.69, 9.17) is 5.73 Å². The normalized spacial score (nSPS) is 10.0. The Morgan fingerprint density at radius 1 is 1.26 bits per heavy atom. The summed E-state index contributed by atoms with van der Waals surface area (Å²) in [6, 6.07) is 4.13. The quantitative estimate of drug-likeness (QED) is 0.655. The molecule has 6 heteroatoms. The number of nitrogens with one attached hydrogen (secondary N) is 1. The zero-order chi connectivity index (χ0) is 13.2. The van der Waals surface area contributed by atoms with E-state index >= 15 is 0 Å². The summed E-state index contributed by atoms with van der Waals surface area (Å²) in [5, 5.41) is 2.96. The first kappa shape index (κ1) is 18.9. The van der Waals surface area contributed by atoms with Gasteiger partial charge in [0.25, 0.3) is 0 Å². The summed E-state index contributed by atoms with van der Waals surface area (Å²) in [7, 11) is 0. The Morgan fingerprint density at radius 3 is 2.63 bits per heavy atom. The minimum atomic E-state index is 0. The molecule has 0 saturated carbocycles. The van der Waals surface area contributed by atoms with Gasteiger partial charge in [0, 0.05) is 17.8 Å². The molecule has 3 N–H and O–H groups in total. The third-order valence-corrected chi connectivity index (χ3v) is 4.36. The number of nitrogens with two attached hydrogens (primary N) is 1. The topological polar surface area (TPSA) is 55.1 Å². The molecule has 0 radical (unpaired) electrons. The summed E-state index contributed by atoms with van der Waals surface area (Å²) >= 11 is 5.15. The summed E-state index contributed by atoms with van der Waals surface area (Å²) in [4.78, 5) is 12.8. The van der Waals surface area contributed by atoms with Crippen molar-refractivity contribution < 1.29 is 4.79 Å². The molecule has 0 saturated heterocycles. The number of hydrogen-bond donors (Lipinski definition) is 2. The van der Waals surface area contributed by atoms with E-state index in [0.29, 0.717) is 6.42 Å². The molecule has 0 fully saturated rings. The van der Waals surface area contributed by atoms with Gasteiger partial charge in [-0.05, 0) is 53.9 Å². The minimum Gasteiger partial charge on any atom is -0.356 e. The molecule has 1 aromatic rings. The molecule has 0 atom stereocenters. The lowest BCUT2D eigenvalue weighted by molar-refractivity contribution is -0.121. The van der Waals surface area contributed by atoms with Crippen LogP contribution in [0.3, 0.4) is 0 Å². The first-order valence-corrected chi connectivity index (χ1v) is 8.04. The zero-order valence-electron chi connectivity index (χ0n) is 11.0. The van der Waals surface area contributed by atoms with E-state index in [-0.39, 0.29) is 18.3 Å². The predicted octanol–water partition coefficient (Wildman–Crippen LogP) is 3.50. The highest BCUT2D eigenvalue weighted by Gasteiger charge is 2.02. The Morgan fingerprint density at radius 2 is 2.00 bits per heavy atom. The highest BCUT2D eigenvalue weighted by atomic mass is 79.9. The van der Waals surface area contributed by atoms with Crippen LogP contribution in [0.4, 0.5) is 0 Å². The lowest BCUT2D eigenvalue weighted by Gasteiger charge is -2.04. The summed E-state index contributed by atoms with van der Waals surface area (Å²) in [5.41, 5.74) is 5.41. The van der Waals surface area contributed by atoms with Crippen LogP contribution in [0.25, 0.3) is 0 Å². The number of amides is 1. The third-order valence-electron chi connectivity index (χ3n) is 2.68. The van der Waals surface area contributed by atoms with Crippen LogP contribution in [-0.4, -0.2) is 19.0 Å². The number of hydrogen-bond acceptors (Lipinski definition) is 3. The molecule has 1 amide bonds. The van der Waals surface area contributed by atoms with Crippen molar-refractivity contribution in [2.75, 3.05) is 13.1 Å². The number of rotatable bonds is 9. The van der Waals surface area contributed by atoms with Gasteiger partial charge in [0.15, 0.2) is 0 Å². The number of unbranched alkanes of at least 4 members (excludes halogenated alkanes) is 3. The molecule has 0 unspecified atom stereocenters. The molecule has 3 nitrogen and oxygen atoms in total. The highest BCUT2D eigenvalue weighted by Crippen LogP contribution is 2.22. The van der Waals surface area contributed by atoms with Crippen LogP contribution in [0, 0.1) is 0 Å². The second-order valence-electron chi connectivity index (χ2n) is 4.26. The molecular formula is C13H22BrClN2OS. The molecule has 110 valence electrons. The standard InChI is InChI=1S/C13H21BrN2OS.ClH/c14-12-7-6-11(18-12)8-10-16-13(17)5-3-1-2-4-9-15;/h6-7H,1-5,8-10,15H2,(H,16,17);1H. The van der Waals surface area contributed by atoms with E-state index in [1.165, 1.54) is 4.88 Å². The van der Waals surface area contributed by atoms with Crippen LogP contribution in [0.2, 0.25) is 0 Å². The van der Waals surface area contributed by atoms with E-state index in [9.17, 15) is 4.79 Å². The van der Waals surface area contributed by atoms with Crippen molar-refractivity contribution in [2.45, 2.75) is 38.5 Å². The minimum absolute atomic E-state index is 0. The Kier molecular flexibility index (Phi) is 11.6. The first-order valence-electron chi connectivity index (χ1n) is 6.43. The van der Waals surface area contributed by atoms with E-state index in [2.05, 4.69) is 27.3 Å². The molecule has 0 bridgehead atoms. The molecule has 0 aliphatic carbocycles. The fraction of sp³-hybridized carbons (Fsp3) is 0.615. The SMILES string of the molecule is Cl.NCCCCCCC(=O)NCCc1ccc(Br)s1. The Labute approximate surface area is 133 Å². The maximum absolute atomic E-state index is 11.5. The van der Waals surface area contributed by atoms with Gasteiger partial charge in [0.1, 0.15) is 0 Å². The van der Waals surface area contributed by atoms with Gasteiger partial charge in [0.2, 0.25) is 5.91 Å². The van der Waals surface area contributed by atoms with E-state index < -0.39 is 0 Å². The molecule has 1 aromatic heterocycles. The Balaban J connectivity index is 0.00000324. The second kappa shape index (κ2) is 11.7. The molecule has 1 rings (SSSR count). The van der Waals surface area contributed by atoms with Crippen molar-refractivity contribution in [3.8, 4) is 0 Å². The van der Waals surface area contributed by atoms with Gasteiger partial charge in [0.05, 0.1) is 3.79 Å². The van der Waals surface area contributed by atoms with Crippen LogP contribution in [0.15, 0.2) is 15.9 Å². The third kappa shape index (κ3) is 9.44. The fourth-order valence-electron chi connectivity index (χ4n) is 1.68. The van der Waals surface area contributed by atoms with Gasteiger partial charge in [-0.1, -0.05) is 12.8 Å². The Hall–Kier alpha value is -0.100. The number of thiophene rings is 1. The van der Waals surface area contributed by atoms with Crippen molar-refractivity contribution in [3.05, 3.63) is 20.8 Å². The zero-order valence-corrected chi connectivity index (χ0v) is 14.2. The van der Waals surface area contributed by atoms with Crippen LogP contribution in [-0.2, 0) is 11.2 Å². The first-order chi connectivity index (χ1) is 8.72. The maximum atomic E-state index is 11.5. The van der Waals surface area contributed by atoms with Crippen LogP contribution < -0.4 is 11.1 Å². The molecule has 0 spiro atoms. The fourth-order valence-corrected chi connectivity index (χ4v) is 3.17. The van der Waals surface area contributed by atoms with Gasteiger partial charge in [-0.3, -0.25) is 4.79 Å². The van der Waals surface area contributed by atoms with E-state index in [1.54, 1.807) is 11.3 Å². The van der Waals surface area contributed by atoms with E-state index in [0.717, 1.165) is 49.0 Å². The summed E-state index contributed by atoms with van der Waals surface area (Å²) in [6.07, 6.45) is 5.81. The highest BCUT2D eigenvalue weighted by molar-refractivity contribution is 9.11. The molecule has 0 aromatic carbocycles. The van der Waals surface area contributed by atoms with Crippen LogP contribution in [0.5, 0.6) is 0 Å². The van der Waals surface area contributed by atoms with Gasteiger partial charge < -0.3 is 11.1 Å². The molecular weight excluding hydrogens is 348 g/mol. The van der Waals surface area contributed by atoms with Crippen molar-refractivity contribution in [3.63, 3.8) is 0 Å². The molecule has 19 heavy (non-hydrogen) atoms. The lowest BCUT2D eigenvalue weighted by Crippen LogP contribution is -2.25. The summed E-state index contributed by atoms with van der Waals surface area (Å²) < 4.78 is 1.14. The van der Waals surface area contributed by atoms with Crippen molar-refractivity contribution >= 4 is 45.6 Å². The smallest absolute Gasteiger partial charge is 0.220 e. The summed E-state index contributed by atoms with van der Waals surface area (Å²) in [6.45, 7) is 1.48. The average Bonchev–Trinajstić information content (AvgIpc) is 2.75. The average molecular weight is 370 g/mol. The Bertz CT molecular complexity index is 360. The van der Waals surface area contributed by atoms with Crippen molar-refractivity contribution in [1.82, 2.24) is 5.32 Å². The van der Waals surface area contributed by atoms with Gasteiger partial charge >= 0.3 is 0 Å². The summed E-state index contributed by atoms with van der Waals surface area (Å²) in [5.74, 6) is 0.165. The molecule has 0 aliphatic heterocycles. The molecule has 0 aliphatic rings. The van der Waals surface area contributed by atoms with Crippen LogP contribution >= 0.6 is 39.7 Å². The van der Waals surface area contributed by atoms with Gasteiger partial charge in [-0.25, -0.2) is 0 Å². The monoisotopic (exact) mass is 368 g/mol. The number of halogens is 2. The van der Waals surface area contributed by atoms with E-state index in [1.807, 2.05) is 6.07 Å². The lowest BCUT2D eigenvalue weighted by atomic mass is 10.1. The van der Waals surface area contributed by atoms with Gasteiger partial charge in [-0.15, -0.1) is 23.7 Å². The van der Waals surface area contributed by atoms with Crippen molar-refractivity contribution in [2.24, 2.45) is 5.73 Å². The number of carbonyl (C=O) groups excluding carboxylic acids is 1. The predicted molar refractivity (Wildman–Crippen MR) is 88.1 cm³/mol. The van der Waals surface area contributed by atoms with Crippen molar-refractivity contribution in [1.29, 1.82) is 0 Å². The van der Waals surface area contributed by atoms with Crippen LogP contribution in [0.1, 0.15) is 37.0 Å². The maximum Gasteiger partial charge on any atom is 0.220 e. The number of carbonyl (C=O) groups is 1. The van der Waals surface area contributed by atoms with Gasteiger partial charge in [-0.2, -0.15) is 0 Å². The largest absolute Gasteiger partial charge is 0.356 e. The second-order valence-corrected chi connectivity index (χ2v) is 6.81.